The van der Waals surface area contributed by atoms with Crippen LogP contribution in [0.4, 0.5) is 11.6 Å². The molecule has 4 aromatic heterocycles. The minimum atomic E-state index is 0.253. The average molecular weight is 396 g/mol. The van der Waals surface area contributed by atoms with Gasteiger partial charge in [-0.15, -0.1) is 0 Å². The number of pyridine rings is 2. The van der Waals surface area contributed by atoms with E-state index in [4.69, 9.17) is 10.2 Å². The third kappa shape index (κ3) is 3.53. The van der Waals surface area contributed by atoms with Gasteiger partial charge >= 0.3 is 0 Å². The lowest BCUT2D eigenvalue weighted by atomic mass is 10.1. The maximum atomic E-state index is 8.96. The normalized spacial score (nSPS) is 16.4. The minimum absolute atomic E-state index is 0.253. The lowest BCUT2D eigenvalue weighted by molar-refractivity contribution is 0.525. The zero-order valence-corrected chi connectivity index (χ0v) is 16.3. The molecule has 1 N–H and O–H groups in total. The zero-order valence-electron chi connectivity index (χ0n) is 16.3. The zero-order chi connectivity index (χ0) is 20.3. The number of aromatic nitrogens is 5. The molecule has 1 atom stereocenters. The van der Waals surface area contributed by atoms with Crippen molar-refractivity contribution in [3.05, 3.63) is 66.7 Å². The lowest BCUT2D eigenvalue weighted by Crippen LogP contribution is -2.42. The summed E-state index contributed by atoms with van der Waals surface area (Å²) in [6, 6.07) is 13.9. The van der Waals surface area contributed by atoms with Crippen LogP contribution in [0.2, 0.25) is 0 Å². The smallest absolute Gasteiger partial charge is 0.165 e. The Balaban J connectivity index is 1.33. The van der Waals surface area contributed by atoms with E-state index in [0.717, 1.165) is 48.6 Å². The number of hydrogen-bond donors (Lipinski definition) is 1. The van der Waals surface area contributed by atoms with Crippen LogP contribution in [0.5, 0.6) is 0 Å². The first-order valence-corrected chi connectivity index (χ1v) is 9.93. The van der Waals surface area contributed by atoms with E-state index in [1.54, 1.807) is 18.6 Å². The molecule has 0 spiro atoms. The summed E-state index contributed by atoms with van der Waals surface area (Å²) in [5.74, 6) is 2.35. The fourth-order valence-electron chi connectivity index (χ4n) is 3.83. The molecule has 0 unspecified atom stereocenters. The van der Waals surface area contributed by atoms with E-state index < -0.39 is 0 Å². The van der Waals surface area contributed by atoms with Crippen molar-refractivity contribution in [3.63, 3.8) is 0 Å². The fourth-order valence-corrected chi connectivity index (χ4v) is 3.83. The maximum absolute atomic E-state index is 8.96. The van der Waals surface area contributed by atoms with Gasteiger partial charge < -0.3 is 10.2 Å². The Hall–Kier alpha value is -3.99. The predicted molar refractivity (Wildman–Crippen MR) is 114 cm³/mol. The SMILES string of the molecule is N#Cc1ccc(N2CCC[C@@H](Nc3ccnc(-c4cnn5ccccc45)n3)C2)nc1. The highest BCUT2D eigenvalue weighted by Crippen LogP contribution is 2.23. The summed E-state index contributed by atoms with van der Waals surface area (Å²) < 4.78 is 1.82. The van der Waals surface area contributed by atoms with E-state index in [-0.39, 0.29) is 6.04 Å². The van der Waals surface area contributed by atoms with E-state index in [1.165, 1.54) is 0 Å². The molecule has 0 aromatic carbocycles. The number of nitrogens with zero attached hydrogens (tertiary/aromatic N) is 7. The second kappa shape index (κ2) is 7.79. The third-order valence-electron chi connectivity index (χ3n) is 5.30. The lowest BCUT2D eigenvalue weighted by Gasteiger charge is -2.34. The Morgan fingerprint density at radius 3 is 2.93 bits per heavy atom. The largest absolute Gasteiger partial charge is 0.365 e. The summed E-state index contributed by atoms with van der Waals surface area (Å²) in [5, 5.41) is 16.9. The van der Waals surface area contributed by atoms with E-state index in [9.17, 15) is 0 Å². The molecule has 30 heavy (non-hydrogen) atoms. The number of rotatable bonds is 4. The van der Waals surface area contributed by atoms with Crippen LogP contribution in [0.15, 0.2) is 61.2 Å². The Kier molecular flexibility index (Phi) is 4.69. The Morgan fingerprint density at radius 1 is 1.10 bits per heavy atom. The van der Waals surface area contributed by atoms with Crippen LogP contribution in [0.3, 0.4) is 0 Å². The second-order valence-electron chi connectivity index (χ2n) is 7.30. The number of nitriles is 1. The molecule has 1 saturated heterocycles. The van der Waals surface area contributed by atoms with Crippen molar-refractivity contribution in [1.82, 2.24) is 24.6 Å². The highest BCUT2D eigenvalue weighted by Gasteiger charge is 2.21. The molecule has 8 heteroatoms. The van der Waals surface area contributed by atoms with Gasteiger partial charge in [-0.2, -0.15) is 10.4 Å². The summed E-state index contributed by atoms with van der Waals surface area (Å²) in [4.78, 5) is 15.9. The molecule has 1 aliphatic rings. The van der Waals surface area contributed by atoms with Crippen molar-refractivity contribution in [2.75, 3.05) is 23.3 Å². The van der Waals surface area contributed by atoms with Crippen molar-refractivity contribution in [1.29, 1.82) is 5.26 Å². The van der Waals surface area contributed by atoms with Crippen LogP contribution < -0.4 is 10.2 Å². The third-order valence-corrected chi connectivity index (χ3v) is 5.30. The van der Waals surface area contributed by atoms with E-state index >= 15 is 0 Å². The summed E-state index contributed by atoms with van der Waals surface area (Å²) in [6.45, 7) is 1.78. The van der Waals surface area contributed by atoms with Crippen LogP contribution in [0.25, 0.3) is 16.9 Å². The number of nitrogens with one attached hydrogen (secondary N) is 1. The summed E-state index contributed by atoms with van der Waals surface area (Å²) >= 11 is 0. The first kappa shape index (κ1) is 18.1. The molecule has 1 aliphatic heterocycles. The quantitative estimate of drug-likeness (QED) is 0.566. The molecule has 1 fully saturated rings. The molecule has 0 radical (unpaired) electrons. The van der Waals surface area contributed by atoms with Gasteiger partial charge in [0.15, 0.2) is 5.82 Å². The molecule has 148 valence electrons. The number of anilines is 2. The predicted octanol–water partition coefficient (Wildman–Crippen LogP) is 3.14. The van der Waals surface area contributed by atoms with Crippen LogP contribution in [0.1, 0.15) is 18.4 Å². The van der Waals surface area contributed by atoms with Gasteiger partial charge in [0, 0.05) is 37.7 Å². The van der Waals surface area contributed by atoms with Gasteiger partial charge in [0.1, 0.15) is 17.7 Å². The summed E-state index contributed by atoms with van der Waals surface area (Å²) in [7, 11) is 0. The van der Waals surface area contributed by atoms with Crippen LogP contribution in [-0.4, -0.2) is 43.7 Å². The average Bonchev–Trinajstić information content (AvgIpc) is 3.24. The number of piperidine rings is 1. The van der Waals surface area contributed by atoms with Gasteiger partial charge in [0.25, 0.3) is 0 Å². The summed E-state index contributed by atoms with van der Waals surface area (Å²) in [5.41, 5.74) is 2.46. The molecule has 4 aromatic rings. The number of hydrogen-bond acceptors (Lipinski definition) is 7. The van der Waals surface area contributed by atoms with Crippen molar-refractivity contribution in [2.45, 2.75) is 18.9 Å². The van der Waals surface area contributed by atoms with Crippen molar-refractivity contribution >= 4 is 17.2 Å². The standard InChI is InChI=1S/C22H20N8/c23-12-16-6-7-21(25-13-16)29-10-3-4-17(15-29)27-20-8-9-24-22(28-20)18-14-26-30-11-2-1-5-19(18)30/h1-2,5-9,11,13-14,17H,3-4,10,15H2,(H,24,27,28)/t17-/m1/s1. The monoisotopic (exact) mass is 396 g/mol. The van der Waals surface area contributed by atoms with Crippen molar-refractivity contribution in [2.24, 2.45) is 0 Å². The molecular weight excluding hydrogens is 376 g/mol. The highest BCUT2D eigenvalue weighted by molar-refractivity contribution is 5.75. The highest BCUT2D eigenvalue weighted by atomic mass is 15.2. The molecule has 0 aliphatic carbocycles. The van der Waals surface area contributed by atoms with Crippen molar-refractivity contribution in [3.8, 4) is 17.5 Å². The van der Waals surface area contributed by atoms with Gasteiger partial charge in [-0.25, -0.2) is 19.5 Å². The Labute approximate surface area is 173 Å². The van der Waals surface area contributed by atoms with E-state index in [0.29, 0.717) is 11.4 Å². The summed E-state index contributed by atoms with van der Waals surface area (Å²) in [6.07, 6.45) is 9.23. The van der Waals surface area contributed by atoms with Gasteiger partial charge in [-0.3, -0.25) is 0 Å². The van der Waals surface area contributed by atoms with Crippen LogP contribution >= 0.6 is 0 Å². The van der Waals surface area contributed by atoms with Gasteiger partial charge in [0.2, 0.25) is 0 Å². The first-order valence-electron chi connectivity index (χ1n) is 9.93. The molecule has 0 bridgehead atoms. The molecule has 8 nitrogen and oxygen atoms in total. The maximum Gasteiger partial charge on any atom is 0.165 e. The fraction of sp³-hybridized carbons (Fsp3) is 0.227. The van der Waals surface area contributed by atoms with Crippen LogP contribution in [0, 0.1) is 11.3 Å². The Morgan fingerprint density at radius 2 is 2.07 bits per heavy atom. The first-order chi connectivity index (χ1) is 14.8. The molecule has 5 rings (SSSR count). The molecule has 5 heterocycles. The minimum Gasteiger partial charge on any atom is -0.365 e. The Bertz CT molecular complexity index is 1210. The molecular formula is C22H20N8. The molecule has 0 saturated carbocycles. The van der Waals surface area contributed by atoms with E-state index in [2.05, 4.69) is 31.4 Å². The van der Waals surface area contributed by atoms with E-state index in [1.807, 2.05) is 47.1 Å². The van der Waals surface area contributed by atoms with Crippen LogP contribution in [-0.2, 0) is 0 Å². The number of fused-ring (bicyclic) bond motifs is 1. The van der Waals surface area contributed by atoms with Crippen molar-refractivity contribution < 1.29 is 0 Å². The topological polar surface area (TPSA) is 95.0 Å². The van der Waals surface area contributed by atoms with Gasteiger partial charge in [-0.1, -0.05) is 6.07 Å². The second-order valence-corrected chi connectivity index (χ2v) is 7.30. The molecule has 0 amide bonds. The van der Waals surface area contributed by atoms with Gasteiger partial charge in [-0.05, 0) is 43.2 Å². The van der Waals surface area contributed by atoms with Gasteiger partial charge in [0.05, 0.1) is 22.8 Å².